The summed E-state index contributed by atoms with van der Waals surface area (Å²) in [5, 5.41) is 15.2. The molecule has 0 spiro atoms. The van der Waals surface area contributed by atoms with E-state index in [1.54, 1.807) is 0 Å². The standard InChI is InChI=1S/C13H29N3OS/c1-12(2,11(14)16-17)8-6-7-9-15-10-13(3,4)18-5/h15,17H,6-10H2,1-5H3,(H2,14,16). The summed E-state index contributed by atoms with van der Waals surface area (Å²) >= 11 is 1.88. The van der Waals surface area contributed by atoms with E-state index in [0.717, 1.165) is 32.4 Å². The van der Waals surface area contributed by atoms with E-state index in [1.807, 2.05) is 25.6 Å². The van der Waals surface area contributed by atoms with Crippen LogP contribution in [-0.4, -0.2) is 35.1 Å². The Balaban J connectivity index is 3.70. The van der Waals surface area contributed by atoms with Crippen molar-refractivity contribution in [3.8, 4) is 0 Å². The first kappa shape index (κ1) is 17.6. The number of rotatable bonds is 9. The molecule has 0 aliphatic carbocycles. The van der Waals surface area contributed by atoms with Gasteiger partial charge in [-0.15, -0.1) is 0 Å². The molecule has 5 heteroatoms. The smallest absolute Gasteiger partial charge is 0.144 e. The van der Waals surface area contributed by atoms with Crippen molar-refractivity contribution in [1.29, 1.82) is 0 Å². The van der Waals surface area contributed by atoms with Crippen LogP contribution in [0.1, 0.15) is 47.0 Å². The van der Waals surface area contributed by atoms with E-state index in [4.69, 9.17) is 10.9 Å². The Morgan fingerprint density at radius 2 is 1.89 bits per heavy atom. The van der Waals surface area contributed by atoms with Gasteiger partial charge in [0.05, 0.1) is 0 Å². The number of amidine groups is 1. The molecular weight excluding hydrogens is 246 g/mol. The molecule has 0 fully saturated rings. The number of nitrogens with two attached hydrogens (primary N) is 1. The summed E-state index contributed by atoms with van der Waals surface area (Å²) in [6.45, 7) is 10.5. The van der Waals surface area contributed by atoms with Gasteiger partial charge in [-0.2, -0.15) is 11.8 Å². The summed E-state index contributed by atoms with van der Waals surface area (Å²) in [5.41, 5.74) is 5.43. The van der Waals surface area contributed by atoms with Crippen molar-refractivity contribution in [2.24, 2.45) is 16.3 Å². The van der Waals surface area contributed by atoms with Crippen LogP contribution < -0.4 is 11.1 Å². The first-order valence-electron chi connectivity index (χ1n) is 6.49. The maximum absolute atomic E-state index is 8.68. The fourth-order valence-corrected chi connectivity index (χ4v) is 1.79. The van der Waals surface area contributed by atoms with Gasteiger partial charge in [0, 0.05) is 16.7 Å². The molecule has 0 atom stereocenters. The predicted octanol–water partition coefficient (Wildman–Crippen LogP) is 2.66. The lowest BCUT2D eigenvalue weighted by atomic mass is 9.86. The Morgan fingerprint density at radius 1 is 1.28 bits per heavy atom. The molecule has 0 rings (SSSR count). The first-order chi connectivity index (χ1) is 8.25. The second kappa shape index (κ2) is 7.89. The average Bonchev–Trinajstić information content (AvgIpc) is 2.32. The Morgan fingerprint density at radius 3 is 2.39 bits per heavy atom. The number of hydrogen-bond acceptors (Lipinski definition) is 4. The molecule has 0 heterocycles. The van der Waals surface area contributed by atoms with Gasteiger partial charge in [0.2, 0.25) is 0 Å². The van der Waals surface area contributed by atoms with E-state index in [0.29, 0.717) is 10.6 Å². The molecule has 0 bridgehead atoms. The number of oxime groups is 1. The van der Waals surface area contributed by atoms with E-state index >= 15 is 0 Å². The van der Waals surface area contributed by atoms with Crippen molar-refractivity contribution in [2.75, 3.05) is 19.3 Å². The summed E-state index contributed by atoms with van der Waals surface area (Å²) in [6, 6.07) is 0. The summed E-state index contributed by atoms with van der Waals surface area (Å²) in [4.78, 5) is 0. The third kappa shape index (κ3) is 7.11. The number of thioether (sulfide) groups is 1. The molecule has 0 radical (unpaired) electrons. The van der Waals surface area contributed by atoms with Crippen LogP contribution in [0.5, 0.6) is 0 Å². The highest BCUT2D eigenvalue weighted by atomic mass is 32.2. The van der Waals surface area contributed by atoms with Crippen LogP contribution in [-0.2, 0) is 0 Å². The molecule has 0 unspecified atom stereocenters. The molecule has 0 aliphatic rings. The zero-order valence-electron chi connectivity index (χ0n) is 12.4. The van der Waals surface area contributed by atoms with Gasteiger partial charge >= 0.3 is 0 Å². The minimum Gasteiger partial charge on any atom is -0.409 e. The number of unbranched alkanes of at least 4 members (excludes halogenated alkanes) is 1. The molecule has 0 aromatic heterocycles. The predicted molar refractivity (Wildman–Crippen MR) is 81.5 cm³/mol. The quantitative estimate of drug-likeness (QED) is 0.199. The van der Waals surface area contributed by atoms with Crippen LogP contribution in [0.15, 0.2) is 5.16 Å². The average molecular weight is 275 g/mol. The zero-order chi connectivity index (χ0) is 14.2. The molecular formula is C13H29N3OS. The van der Waals surface area contributed by atoms with E-state index in [1.165, 1.54) is 0 Å². The van der Waals surface area contributed by atoms with Crippen LogP contribution in [0.2, 0.25) is 0 Å². The SMILES string of the molecule is CSC(C)(C)CNCCCCC(C)(C)C(N)=NO. The highest BCUT2D eigenvalue weighted by Crippen LogP contribution is 2.23. The van der Waals surface area contributed by atoms with Gasteiger partial charge < -0.3 is 16.3 Å². The summed E-state index contributed by atoms with van der Waals surface area (Å²) in [6.07, 6.45) is 5.28. The van der Waals surface area contributed by atoms with E-state index in [2.05, 4.69) is 30.6 Å². The fourth-order valence-electron chi connectivity index (χ4n) is 1.54. The van der Waals surface area contributed by atoms with Gasteiger partial charge in [-0.05, 0) is 39.5 Å². The lowest BCUT2D eigenvalue weighted by Gasteiger charge is -2.24. The van der Waals surface area contributed by atoms with Crippen molar-refractivity contribution in [2.45, 2.75) is 51.7 Å². The van der Waals surface area contributed by atoms with Crippen LogP contribution in [0.3, 0.4) is 0 Å². The maximum Gasteiger partial charge on any atom is 0.144 e. The third-order valence-corrected chi connectivity index (χ3v) is 4.56. The molecule has 0 aromatic carbocycles. The number of nitrogens with one attached hydrogen (secondary N) is 1. The van der Waals surface area contributed by atoms with Crippen molar-refractivity contribution >= 4 is 17.6 Å². The summed E-state index contributed by atoms with van der Waals surface area (Å²) in [5.74, 6) is 0.318. The van der Waals surface area contributed by atoms with Gasteiger partial charge in [0.1, 0.15) is 5.84 Å². The molecule has 18 heavy (non-hydrogen) atoms. The Labute approximate surface area is 116 Å². The zero-order valence-corrected chi connectivity index (χ0v) is 13.2. The van der Waals surface area contributed by atoms with Crippen LogP contribution in [0, 0.1) is 5.41 Å². The molecule has 0 amide bonds. The van der Waals surface area contributed by atoms with Crippen LogP contribution in [0.25, 0.3) is 0 Å². The number of nitrogens with zero attached hydrogens (tertiary/aromatic N) is 1. The highest BCUT2D eigenvalue weighted by Gasteiger charge is 2.22. The van der Waals surface area contributed by atoms with Gasteiger partial charge in [-0.1, -0.05) is 25.4 Å². The second-order valence-electron chi connectivity index (χ2n) is 5.97. The van der Waals surface area contributed by atoms with Crippen LogP contribution in [0.4, 0.5) is 0 Å². The monoisotopic (exact) mass is 275 g/mol. The largest absolute Gasteiger partial charge is 0.409 e. The van der Waals surface area contributed by atoms with Gasteiger partial charge in [0.15, 0.2) is 0 Å². The lowest BCUT2D eigenvalue weighted by molar-refractivity contribution is 0.304. The summed E-state index contributed by atoms with van der Waals surface area (Å²) < 4.78 is 0.299. The minimum atomic E-state index is -0.215. The Bertz CT molecular complexity index is 265. The Hall–Kier alpha value is -0.420. The minimum absolute atomic E-state index is 0.215. The van der Waals surface area contributed by atoms with Gasteiger partial charge in [0.25, 0.3) is 0 Å². The maximum atomic E-state index is 8.68. The highest BCUT2D eigenvalue weighted by molar-refractivity contribution is 7.99. The molecule has 108 valence electrons. The third-order valence-electron chi connectivity index (χ3n) is 3.31. The number of hydrogen-bond donors (Lipinski definition) is 3. The molecule has 0 aliphatic heterocycles. The Kier molecular flexibility index (Phi) is 7.71. The summed E-state index contributed by atoms with van der Waals surface area (Å²) in [7, 11) is 0. The van der Waals surface area contributed by atoms with Crippen molar-refractivity contribution in [3.05, 3.63) is 0 Å². The molecule has 0 saturated carbocycles. The van der Waals surface area contributed by atoms with Crippen molar-refractivity contribution in [1.82, 2.24) is 5.32 Å². The first-order valence-corrected chi connectivity index (χ1v) is 7.71. The van der Waals surface area contributed by atoms with Gasteiger partial charge in [-0.3, -0.25) is 0 Å². The second-order valence-corrected chi connectivity index (χ2v) is 7.48. The van der Waals surface area contributed by atoms with Crippen molar-refractivity contribution in [3.63, 3.8) is 0 Å². The molecule has 0 aromatic rings. The molecule has 0 saturated heterocycles. The van der Waals surface area contributed by atoms with Gasteiger partial charge in [-0.25, -0.2) is 0 Å². The molecule has 4 N–H and O–H groups in total. The fraction of sp³-hybridized carbons (Fsp3) is 0.923. The van der Waals surface area contributed by atoms with E-state index in [9.17, 15) is 0 Å². The van der Waals surface area contributed by atoms with Crippen LogP contribution >= 0.6 is 11.8 Å². The molecule has 4 nitrogen and oxygen atoms in total. The van der Waals surface area contributed by atoms with Crippen molar-refractivity contribution < 1.29 is 5.21 Å². The van der Waals surface area contributed by atoms with E-state index < -0.39 is 0 Å². The normalized spacial score (nSPS) is 13.9. The van der Waals surface area contributed by atoms with E-state index in [-0.39, 0.29) is 5.41 Å². The lowest BCUT2D eigenvalue weighted by Crippen LogP contribution is -2.33. The topological polar surface area (TPSA) is 70.6 Å².